The molecule has 8 N–H and O–H groups in total. The van der Waals surface area contributed by atoms with Gasteiger partial charge in [-0.25, -0.2) is 4.79 Å². The maximum absolute atomic E-state index is 12.8. The van der Waals surface area contributed by atoms with Crippen LogP contribution in [0.3, 0.4) is 0 Å². The van der Waals surface area contributed by atoms with Gasteiger partial charge in [0.2, 0.25) is 5.91 Å². The lowest BCUT2D eigenvalue weighted by Gasteiger charge is -2.46. The Bertz CT molecular complexity index is 589. The van der Waals surface area contributed by atoms with Gasteiger partial charge in [-0.1, -0.05) is 20.3 Å². The van der Waals surface area contributed by atoms with E-state index in [1.54, 1.807) is 13.8 Å². The van der Waals surface area contributed by atoms with Crippen molar-refractivity contribution in [1.29, 1.82) is 0 Å². The first kappa shape index (κ1) is 25.2. The van der Waals surface area contributed by atoms with Gasteiger partial charge in [0.1, 0.15) is 24.4 Å². The Hall–Kier alpha value is -1.83. The number of carboxylic acid groups (broad SMARTS) is 2. The lowest BCUT2D eigenvalue weighted by molar-refractivity contribution is -0.261. The Kier molecular flexibility index (Phi) is 9.39. The van der Waals surface area contributed by atoms with Crippen molar-refractivity contribution in [2.75, 3.05) is 13.2 Å². The van der Waals surface area contributed by atoms with E-state index in [1.165, 1.54) is 0 Å². The fourth-order valence-corrected chi connectivity index (χ4v) is 2.97. The average molecular weight is 422 g/mol. The lowest BCUT2D eigenvalue weighted by atomic mass is 9.90. The molecule has 0 spiro atoms. The number of hydrogen-bond donors (Lipinski definition) is 8. The molecule has 1 aliphatic heterocycles. The maximum Gasteiger partial charge on any atom is 0.326 e. The Morgan fingerprint density at radius 2 is 1.83 bits per heavy atom. The minimum absolute atomic E-state index is 0.335. The van der Waals surface area contributed by atoms with E-state index < -0.39 is 79.5 Å². The number of nitrogens with one attached hydrogen (secondary N) is 2. The Morgan fingerprint density at radius 3 is 2.31 bits per heavy atom. The number of amides is 1. The minimum atomic E-state index is -1.97. The van der Waals surface area contributed by atoms with Crippen LogP contribution in [0.2, 0.25) is 0 Å². The van der Waals surface area contributed by atoms with Crippen molar-refractivity contribution in [3.8, 4) is 0 Å². The zero-order valence-corrected chi connectivity index (χ0v) is 16.3. The van der Waals surface area contributed by atoms with Crippen molar-refractivity contribution >= 4 is 17.8 Å². The third-order valence-electron chi connectivity index (χ3n) is 5.10. The molecule has 0 radical (unpaired) electrons. The van der Waals surface area contributed by atoms with E-state index in [1.807, 2.05) is 0 Å². The van der Waals surface area contributed by atoms with E-state index in [-0.39, 0.29) is 6.42 Å². The Morgan fingerprint density at radius 1 is 1.21 bits per heavy atom. The van der Waals surface area contributed by atoms with Crippen molar-refractivity contribution in [3.63, 3.8) is 0 Å². The number of carbonyl (C=O) groups excluding carboxylic acids is 1. The Balaban J connectivity index is 3.04. The second-order valence-electron chi connectivity index (χ2n) is 7.20. The molecule has 7 atom stereocenters. The van der Waals surface area contributed by atoms with E-state index in [2.05, 4.69) is 10.6 Å². The fourth-order valence-electron chi connectivity index (χ4n) is 2.97. The van der Waals surface area contributed by atoms with Crippen LogP contribution < -0.4 is 10.6 Å². The molecule has 1 heterocycles. The van der Waals surface area contributed by atoms with Crippen LogP contribution in [0.1, 0.15) is 33.1 Å². The summed E-state index contributed by atoms with van der Waals surface area (Å²) in [5.74, 6) is -3.85. The van der Waals surface area contributed by atoms with Gasteiger partial charge in [-0.15, -0.1) is 0 Å². The molecule has 0 saturated carbocycles. The first-order valence-corrected chi connectivity index (χ1v) is 9.30. The summed E-state index contributed by atoms with van der Waals surface area (Å²) < 4.78 is 5.32. The predicted molar refractivity (Wildman–Crippen MR) is 96.6 cm³/mol. The maximum atomic E-state index is 12.8. The second kappa shape index (κ2) is 10.8. The number of ether oxygens (including phenoxy) is 1. The third kappa shape index (κ3) is 6.32. The van der Waals surface area contributed by atoms with Crippen LogP contribution in [-0.2, 0) is 19.1 Å². The highest BCUT2D eigenvalue weighted by Gasteiger charge is 2.51. The molecule has 0 aliphatic carbocycles. The highest BCUT2D eigenvalue weighted by molar-refractivity contribution is 5.87. The molecule has 1 fully saturated rings. The standard InChI is InChI=1S/C17H30N2O10/c1-3-8(2)12(15(26)18-9(16(27)28)4-5-11(22)23)19-17(7-20)14(25)13(24)10(21)6-29-17/h8-10,12-14,19-21,24-25H,3-7H2,1-2H3,(H,18,26)(H,22,23)(H,27,28)/t8-,9-,10+,12-,13+,14-,17+/m0/s1. The van der Waals surface area contributed by atoms with Gasteiger partial charge in [0.25, 0.3) is 0 Å². The van der Waals surface area contributed by atoms with E-state index in [0.717, 1.165) is 0 Å². The van der Waals surface area contributed by atoms with Crippen molar-refractivity contribution in [1.82, 2.24) is 10.6 Å². The second-order valence-corrected chi connectivity index (χ2v) is 7.20. The van der Waals surface area contributed by atoms with Crippen LogP contribution in [-0.4, -0.2) is 97.8 Å². The average Bonchev–Trinajstić information content (AvgIpc) is 2.68. The summed E-state index contributed by atoms with van der Waals surface area (Å²) in [6, 6.07) is -2.61. The number of carbonyl (C=O) groups is 3. The van der Waals surface area contributed by atoms with Crippen molar-refractivity contribution in [3.05, 3.63) is 0 Å². The molecule has 1 amide bonds. The molecule has 0 aromatic rings. The first-order chi connectivity index (χ1) is 13.5. The molecule has 0 unspecified atom stereocenters. The highest BCUT2D eigenvalue weighted by Crippen LogP contribution is 2.26. The van der Waals surface area contributed by atoms with Gasteiger partial charge in [-0.3, -0.25) is 14.9 Å². The molecule has 12 heteroatoms. The first-order valence-electron chi connectivity index (χ1n) is 9.30. The fraction of sp³-hybridized carbons (Fsp3) is 0.824. The SMILES string of the molecule is CC[C@H](C)[C@H](N[C@]1(CO)OC[C@@H](O)[C@@H](O)[C@@H]1O)C(=O)N[C@@H](CCC(=O)O)C(=O)O. The van der Waals surface area contributed by atoms with E-state index in [9.17, 15) is 39.9 Å². The number of carboxylic acids is 2. The topological polar surface area (TPSA) is 206 Å². The van der Waals surface area contributed by atoms with Crippen LogP contribution in [0.25, 0.3) is 0 Å². The molecular formula is C17H30N2O10. The minimum Gasteiger partial charge on any atom is -0.481 e. The summed E-state index contributed by atoms with van der Waals surface area (Å²) in [5.41, 5.74) is -1.97. The Labute approximate surface area is 167 Å². The number of aliphatic carboxylic acids is 2. The summed E-state index contributed by atoms with van der Waals surface area (Å²) in [7, 11) is 0. The molecule has 0 bridgehead atoms. The summed E-state index contributed by atoms with van der Waals surface area (Å²) in [6.07, 6.45) is -5.18. The zero-order valence-electron chi connectivity index (χ0n) is 16.3. The molecule has 29 heavy (non-hydrogen) atoms. The van der Waals surface area contributed by atoms with Gasteiger partial charge in [-0.05, 0) is 12.3 Å². The number of rotatable bonds is 11. The van der Waals surface area contributed by atoms with Crippen molar-refractivity contribution in [2.24, 2.45) is 5.92 Å². The molecule has 168 valence electrons. The molecule has 0 aromatic heterocycles. The quantitative estimate of drug-likeness (QED) is 0.171. The van der Waals surface area contributed by atoms with E-state index in [0.29, 0.717) is 6.42 Å². The van der Waals surface area contributed by atoms with Crippen LogP contribution in [0.4, 0.5) is 0 Å². The molecule has 1 aliphatic rings. The largest absolute Gasteiger partial charge is 0.481 e. The normalized spacial score (nSPS) is 30.2. The monoisotopic (exact) mass is 422 g/mol. The zero-order chi connectivity index (χ0) is 22.4. The van der Waals surface area contributed by atoms with E-state index >= 15 is 0 Å². The van der Waals surface area contributed by atoms with Gasteiger partial charge in [-0.2, -0.15) is 0 Å². The van der Waals surface area contributed by atoms with Crippen molar-refractivity contribution in [2.45, 2.75) is 69.2 Å². The summed E-state index contributed by atoms with van der Waals surface area (Å²) in [5, 5.41) is 62.6. The highest BCUT2D eigenvalue weighted by atomic mass is 16.6. The summed E-state index contributed by atoms with van der Waals surface area (Å²) in [6.45, 7) is 2.15. The number of aliphatic hydroxyl groups excluding tert-OH is 4. The van der Waals surface area contributed by atoms with Crippen molar-refractivity contribution < 1.29 is 49.8 Å². The van der Waals surface area contributed by atoms with Crippen LogP contribution in [0.5, 0.6) is 0 Å². The molecule has 0 aromatic carbocycles. The molecule has 1 rings (SSSR count). The summed E-state index contributed by atoms with van der Waals surface area (Å²) >= 11 is 0. The van der Waals surface area contributed by atoms with E-state index in [4.69, 9.17) is 9.84 Å². The lowest BCUT2D eigenvalue weighted by Crippen LogP contribution is -2.72. The predicted octanol–water partition coefficient (Wildman–Crippen LogP) is -2.77. The van der Waals surface area contributed by atoms with Gasteiger partial charge < -0.3 is 40.7 Å². The smallest absolute Gasteiger partial charge is 0.326 e. The van der Waals surface area contributed by atoms with Gasteiger partial charge >= 0.3 is 11.9 Å². The molecule has 12 nitrogen and oxygen atoms in total. The van der Waals surface area contributed by atoms with Crippen LogP contribution >= 0.6 is 0 Å². The van der Waals surface area contributed by atoms with Crippen LogP contribution in [0.15, 0.2) is 0 Å². The number of hydrogen-bond acceptors (Lipinski definition) is 9. The number of aliphatic hydroxyl groups is 4. The molecular weight excluding hydrogens is 392 g/mol. The molecule has 1 saturated heterocycles. The van der Waals surface area contributed by atoms with Crippen LogP contribution in [0, 0.1) is 5.92 Å². The van der Waals surface area contributed by atoms with Gasteiger partial charge in [0.05, 0.1) is 19.3 Å². The summed E-state index contributed by atoms with van der Waals surface area (Å²) in [4.78, 5) is 34.8. The van der Waals surface area contributed by atoms with Gasteiger partial charge in [0, 0.05) is 6.42 Å². The third-order valence-corrected chi connectivity index (χ3v) is 5.10. The van der Waals surface area contributed by atoms with Gasteiger partial charge in [0.15, 0.2) is 5.72 Å².